The van der Waals surface area contributed by atoms with Crippen LogP contribution in [0.1, 0.15) is 23.7 Å². The number of hydrogen-bond acceptors (Lipinski definition) is 7. The van der Waals surface area contributed by atoms with Gasteiger partial charge in [-0.25, -0.2) is 31.6 Å². The van der Waals surface area contributed by atoms with Crippen molar-refractivity contribution in [3.05, 3.63) is 40.8 Å². The maximum atomic E-state index is 14.8. The molecule has 1 aromatic carbocycles. The maximum Gasteiger partial charge on any atom is 0.258 e. The summed E-state index contributed by atoms with van der Waals surface area (Å²) >= 11 is 1.12. The fraction of sp³-hybridized carbons (Fsp3) is 0.278. The predicted molar refractivity (Wildman–Crippen MR) is 114 cm³/mol. The van der Waals surface area contributed by atoms with E-state index in [2.05, 4.69) is 15.3 Å². The second kappa shape index (κ2) is 9.65. The van der Waals surface area contributed by atoms with E-state index >= 15 is 0 Å². The molecule has 0 aliphatic heterocycles. The first-order valence-electron chi connectivity index (χ1n) is 9.19. The van der Waals surface area contributed by atoms with E-state index in [1.807, 2.05) is 12.2 Å². The number of benzene rings is 1. The largest absolute Gasteiger partial charge is 0.369 e. The summed E-state index contributed by atoms with van der Waals surface area (Å²) in [6, 6.07) is 0.295. The van der Waals surface area contributed by atoms with Gasteiger partial charge in [0.2, 0.25) is 10.0 Å². The van der Waals surface area contributed by atoms with Crippen LogP contribution in [0, 0.1) is 17.5 Å². The summed E-state index contributed by atoms with van der Waals surface area (Å²) in [5.74, 6) is -6.08. The number of amides is 1. The van der Waals surface area contributed by atoms with Gasteiger partial charge in [0, 0.05) is 18.0 Å². The lowest BCUT2D eigenvalue weighted by Crippen LogP contribution is -2.20. The van der Waals surface area contributed by atoms with Gasteiger partial charge in [0.05, 0.1) is 33.9 Å². The molecule has 0 fully saturated rings. The molecule has 32 heavy (non-hydrogen) atoms. The molecular weight excluding hydrogens is 474 g/mol. The van der Waals surface area contributed by atoms with Gasteiger partial charge in [-0.05, 0) is 13.3 Å². The second-order valence-electron chi connectivity index (χ2n) is 6.41. The molecule has 3 N–H and O–H groups in total. The van der Waals surface area contributed by atoms with Gasteiger partial charge in [-0.1, -0.05) is 0 Å². The number of hydrogen-bond donors (Lipinski definition) is 3. The van der Waals surface area contributed by atoms with E-state index in [9.17, 15) is 30.8 Å². The molecule has 0 bridgehead atoms. The van der Waals surface area contributed by atoms with Gasteiger partial charge in [-0.3, -0.25) is 13.9 Å². The molecule has 8 nitrogen and oxygen atoms in total. The van der Waals surface area contributed by atoms with E-state index in [0.717, 1.165) is 11.3 Å². The Labute approximate surface area is 184 Å². The number of carbonyl (C=O) groups excluding carboxylic acids is 1. The highest BCUT2D eigenvalue weighted by Crippen LogP contribution is 2.32. The van der Waals surface area contributed by atoms with Crippen molar-refractivity contribution < 1.29 is 30.8 Å². The Hall–Kier alpha value is -3.00. The van der Waals surface area contributed by atoms with E-state index in [0.29, 0.717) is 23.1 Å². The summed E-state index contributed by atoms with van der Waals surface area (Å²) in [4.78, 5) is 20.8. The summed E-state index contributed by atoms with van der Waals surface area (Å²) in [5, 5.41) is 6.32. The van der Waals surface area contributed by atoms with E-state index in [-0.39, 0.29) is 17.5 Å². The Morgan fingerprint density at radius 3 is 2.62 bits per heavy atom. The third kappa shape index (κ3) is 4.91. The van der Waals surface area contributed by atoms with Gasteiger partial charge in [-0.2, -0.15) is 0 Å². The molecular formula is C18H17F4N5O3S2. The van der Waals surface area contributed by atoms with Crippen molar-refractivity contribution >= 4 is 54.7 Å². The molecule has 0 aliphatic rings. The molecule has 0 spiro atoms. The van der Waals surface area contributed by atoms with Crippen molar-refractivity contribution in [2.75, 3.05) is 34.3 Å². The molecule has 2 aromatic heterocycles. The minimum Gasteiger partial charge on any atom is -0.369 e. The molecule has 0 aliphatic carbocycles. The number of rotatable bonds is 9. The number of fused-ring (bicyclic) bond motifs is 1. The molecule has 172 valence electrons. The molecule has 0 saturated carbocycles. The van der Waals surface area contributed by atoms with Crippen molar-refractivity contribution in [1.29, 1.82) is 0 Å². The lowest BCUT2D eigenvalue weighted by atomic mass is 10.2. The summed E-state index contributed by atoms with van der Waals surface area (Å²) in [7, 11) is -4.23. The van der Waals surface area contributed by atoms with Crippen LogP contribution in [0.25, 0.3) is 10.2 Å². The van der Waals surface area contributed by atoms with Crippen LogP contribution in [0.5, 0.6) is 0 Å². The molecule has 3 aromatic rings. The first-order valence-corrected chi connectivity index (χ1v) is 11.7. The minimum absolute atomic E-state index is 0.0420. The number of nitrogens with one attached hydrogen (secondary N) is 3. The third-order valence-electron chi connectivity index (χ3n) is 4.15. The number of sulfonamides is 1. The summed E-state index contributed by atoms with van der Waals surface area (Å²) in [5.41, 5.74) is -1.94. The number of alkyl halides is 1. The Balaban J connectivity index is 1.95. The Kier molecular flexibility index (Phi) is 7.13. The van der Waals surface area contributed by atoms with Crippen molar-refractivity contribution in [1.82, 2.24) is 9.97 Å². The van der Waals surface area contributed by atoms with Crippen molar-refractivity contribution in [3.8, 4) is 0 Å². The molecule has 3 rings (SSSR count). The summed E-state index contributed by atoms with van der Waals surface area (Å²) in [6.45, 7) is 1.46. The van der Waals surface area contributed by atoms with Gasteiger partial charge in [-0.15, -0.1) is 11.3 Å². The lowest BCUT2D eigenvalue weighted by Gasteiger charge is -2.13. The molecule has 14 heteroatoms. The van der Waals surface area contributed by atoms with Crippen molar-refractivity contribution in [2.24, 2.45) is 0 Å². The van der Waals surface area contributed by atoms with E-state index in [4.69, 9.17) is 0 Å². The zero-order valence-electron chi connectivity index (χ0n) is 16.5. The maximum absolute atomic E-state index is 14.8. The lowest BCUT2D eigenvalue weighted by molar-refractivity contribution is 0.102. The van der Waals surface area contributed by atoms with Crippen LogP contribution in [0.4, 0.5) is 34.8 Å². The van der Waals surface area contributed by atoms with Crippen LogP contribution in [0.3, 0.4) is 0 Å². The standard InChI is InChI=1S/C18H17F4N5O3S2/c1-2-23-17-16-14(24-8-25-17)9(7-31-16)18(28)26-15-12(21)10(20)6-11(13(15)22)27-32(29,30)5-3-4-19/h6-8,27H,2-5H2,1H3,(H,26,28)(H,23,24,25). The number of aromatic nitrogens is 2. The van der Waals surface area contributed by atoms with Crippen LogP contribution in [-0.4, -0.2) is 43.3 Å². The Morgan fingerprint density at radius 1 is 1.19 bits per heavy atom. The average Bonchev–Trinajstić information content (AvgIpc) is 3.19. The van der Waals surface area contributed by atoms with Crippen molar-refractivity contribution in [3.63, 3.8) is 0 Å². The number of nitrogens with zero attached hydrogens (tertiary/aromatic N) is 2. The van der Waals surface area contributed by atoms with Crippen LogP contribution in [0.2, 0.25) is 0 Å². The predicted octanol–water partition coefficient (Wildman–Crippen LogP) is 3.89. The van der Waals surface area contributed by atoms with Gasteiger partial charge in [0.1, 0.15) is 17.8 Å². The molecule has 2 heterocycles. The zero-order valence-corrected chi connectivity index (χ0v) is 18.1. The zero-order chi connectivity index (χ0) is 23.5. The first kappa shape index (κ1) is 23.7. The fourth-order valence-corrected chi connectivity index (χ4v) is 4.78. The van der Waals surface area contributed by atoms with Gasteiger partial charge >= 0.3 is 0 Å². The van der Waals surface area contributed by atoms with E-state index in [1.54, 1.807) is 4.72 Å². The number of carbonyl (C=O) groups is 1. The summed E-state index contributed by atoms with van der Waals surface area (Å²) in [6.07, 6.45) is 0.837. The number of anilines is 3. The first-order chi connectivity index (χ1) is 15.2. The van der Waals surface area contributed by atoms with Gasteiger partial charge in [0.25, 0.3) is 5.91 Å². The molecule has 0 radical (unpaired) electrons. The fourth-order valence-electron chi connectivity index (χ4n) is 2.74. The SMILES string of the molecule is CCNc1ncnc2c(C(=O)Nc3c(F)c(F)cc(NS(=O)(=O)CCCF)c3F)csc12. The topological polar surface area (TPSA) is 113 Å². The Bertz CT molecular complexity index is 1270. The molecule has 0 atom stereocenters. The van der Waals surface area contributed by atoms with E-state index < -0.39 is 57.2 Å². The number of thiophene rings is 1. The third-order valence-corrected chi connectivity index (χ3v) is 6.48. The highest BCUT2D eigenvalue weighted by atomic mass is 32.2. The molecule has 0 saturated heterocycles. The molecule has 1 amide bonds. The van der Waals surface area contributed by atoms with Gasteiger partial charge < -0.3 is 10.6 Å². The van der Waals surface area contributed by atoms with Gasteiger partial charge in [0.15, 0.2) is 17.5 Å². The van der Waals surface area contributed by atoms with Crippen LogP contribution in [-0.2, 0) is 10.0 Å². The highest BCUT2D eigenvalue weighted by Gasteiger charge is 2.25. The normalized spacial score (nSPS) is 11.5. The van der Waals surface area contributed by atoms with E-state index in [1.165, 1.54) is 11.7 Å². The average molecular weight is 491 g/mol. The van der Waals surface area contributed by atoms with Crippen molar-refractivity contribution in [2.45, 2.75) is 13.3 Å². The van der Waals surface area contributed by atoms with Crippen LogP contribution >= 0.6 is 11.3 Å². The highest BCUT2D eigenvalue weighted by molar-refractivity contribution is 7.92. The number of halogens is 4. The van der Waals surface area contributed by atoms with Crippen LogP contribution < -0.4 is 15.4 Å². The smallest absolute Gasteiger partial charge is 0.258 e. The quantitative estimate of drug-likeness (QED) is 0.309. The van der Waals surface area contributed by atoms with Crippen LogP contribution in [0.15, 0.2) is 17.8 Å². The summed E-state index contributed by atoms with van der Waals surface area (Å²) < 4.78 is 81.4. The monoisotopic (exact) mass is 491 g/mol. The minimum atomic E-state index is -4.23. The second-order valence-corrected chi connectivity index (χ2v) is 9.13. The molecule has 0 unspecified atom stereocenters. The Morgan fingerprint density at radius 2 is 1.94 bits per heavy atom.